The summed E-state index contributed by atoms with van der Waals surface area (Å²) in [7, 11) is 1.35. The fraction of sp³-hybridized carbons (Fsp3) is 0.739. The van der Waals surface area contributed by atoms with Crippen LogP contribution in [0.25, 0.3) is 0 Å². The first kappa shape index (κ1) is 25.5. The smallest absolute Gasteiger partial charge is 0.252 e. The van der Waals surface area contributed by atoms with Crippen molar-refractivity contribution in [3.63, 3.8) is 0 Å². The number of rotatable bonds is 7. The van der Waals surface area contributed by atoms with E-state index < -0.39 is 42.2 Å². The molecule has 2 aliphatic heterocycles. The molecule has 2 amide bonds. The molecular formula is C23H38N2O6. The third-order valence-electron chi connectivity index (χ3n) is 5.18. The number of ether oxygens (including phenoxy) is 3. The van der Waals surface area contributed by atoms with Gasteiger partial charge in [-0.3, -0.25) is 9.59 Å². The number of carbonyl (C=O) groups is 2. The molecule has 0 aromatic heterocycles. The fourth-order valence-corrected chi connectivity index (χ4v) is 3.65. The second-order valence-electron chi connectivity index (χ2n) is 9.67. The van der Waals surface area contributed by atoms with E-state index in [-0.39, 0.29) is 11.3 Å². The summed E-state index contributed by atoms with van der Waals surface area (Å²) in [5.41, 5.74) is 0.0408. The van der Waals surface area contributed by atoms with E-state index in [1.807, 2.05) is 12.2 Å². The molecule has 0 aromatic carbocycles. The maximum atomic E-state index is 12.8. The average molecular weight is 439 g/mol. The molecule has 2 rings (SSSR count). The monoisotopic (exact) mass is 438 g/mol. The van der Waals surface area contributed by atoms with E-state index in [2.05, 4.69) is 37.5 Å². The molecule has 0 saturated carbocycles. The molecule has 0 aromatic rings. The Kier molecular flexibility index (Phi) is 8.83. The zero-order valence-electron chi connectivity index (χ0n) is 19.5. The molecule has 2 saturated heterocycles. The molecule has 0 aliphatic carbocycles. The van der Waals surface area contributed by atoms with Gasteiger partial charge in [-0.15, -0.1) is 0 Å². The third kappa shape index (κ3) is 7.71. The number of aliphatic hydroxyl groups excluding tert-OH is 1. The third-order valence-corrected chi connectivity index (χ3v) is 5.18. The van der Waals surface area contributed by atoms with Crippen LogP contribution in [0.4, 0.5) is 0 Å². The summed E-state index contributed by atoms with van der Waals surface area (Å²) in [5, 5.41) is 16.5. The lowest BCUT2D eigenvalue weighted by Gasteiger charge is -2.28. The van der Waals surface area contributed by atoms with Gasteiger partial charge in [0.25, 0.3) is 5.91 Å². The normalized spacial score (nSPS) is 29.0. The van der Waals surface area contributed by atoms with Gasteiger partial charge in [-0.2, -0.15) is 0 Å². The minimum atomic E-state index is -1.29. The summed E-state index contributed by atoms with van der Waals surface area (Å²) in [6, 6.07) is -0.643. The lowest BCUT2D eigenvalue weighted by Crippen LogP contribution is -2.55. The first-order valence-corrected chi connectivity index (χ1v) is 10.9. The summed E-state index contributed by atoms with van der Waals surface area (Å²) in [6.07, 6.45) is 5.98. The molecule has 8 heteroatoms. The van der Waals surface area contributed by atoms with Crippen LogP contribution < -0.4 is 10.6 Å². The van der Waals surface area contributed by atoms with Crippen LogP contribution in [0.1, 0.15) is 53.9 Å². The first-order chi connectivity index (χ1) is 14.4. The van der Waals surface area contributed by atoms with Gasteiger partial charge >= 0.3 is 0 Å². The van der Waals surface area contributed by atoms with Gasteiger partial charge < -0.3 is 30.0 Å². The van der Waals surface area contributed by atoms with Crippen LogP contribution >= 0.6 is 0 Å². The number of nitrogens with one attached hydrogen (secondary N) is 2. The maximum absolute atomic E-state index is 12.8. The summed E-state index contributed by atoms with van der Waals surface area (Å²) in [5.74, 6) is -1.70. The largest absolute Gasteiger partial charge is 0.387 e. The quantitative estimate of drug-likeness (QED) is 0.524. The molecule has 0 bridgehead atoms. The van der Waals surface area contributed by atoms with Crippen molar-refractivity contribution in [2.45, 2.75) is 90.1 Å². The highest BCUT2D eigenvalue weighted by Gasteiger charge is 2.47. The summed E-state index contributed by atoms with van der Waals surface area (Å²) < 4.78 is 17.1. The maximum Gasteiger partial charge on any atom is 0.252 e. The Morgan fingerprint density at radius 1 is 1.29 bits per heavy atom. The minimum Gasteiger partial charge on any atom is -0.387 e. The number of methoxy groups -OCH3 is 1. The molecule has 176 valence electrons. The number of aliphatic hydroxyl groups is 1. The van der Waals surface area contributed by atoms with Gasteiger partial charge in [0.2, 0.25) is 5.91 Å². The average Bonchev–Trinajstić information content (AvgIpc) is 2.83. The standard InChI is InChI=1S/C23H38N2O6/c1-22(2,3)13-9-7-12-16-18(31-23(4,5)30-16)17(26)19(29-6)21(28)25-15-11-8-10-14-24-20(15)27/h7,9,12-13,15-19,26H,8,10-11,14H2,1-6H3,(H,24,27)(H,25,28)/b12-7+,13-9+/t15-,16+,17+,18-,19+/m0/s1. The van der Waals surface area contributed by atoms with Crippen molar-refractivity contribution in [1.82, 2.24) is 10.6 Å². The van der Waals surface area contributed by atoms with E-state index in [0.717, 1.165) is 12.8 Å². The Balaban J connectivity index is 2.10. The van der Waals surface area contributed by atoms with Crippen molar-refractivity contribution < 1.29 is 28.9 Å². The molecule has 0 spiro atoms. The highest BCUT2D eigenvalue weighted by atomic mass is 16.8. The topological polar surface area (TPSA) is 106 Å². The molecule has 0 radical (unpaired) electrons. The van der Waals surface area contributed by atoms with Crippen LogP contribution in [0.5, 0.6) is 0 Å². The van der Waals surface area contributed by atoms with Gasteiger partial charge in [0, 0.05) is 13.7 Å². The van der Waals surface area contributed by atoms with E-state index in [4.69, 9.17) is 14.2 Å². The highest BCUT2D eigenvalue weighted by Crippen LogP contribution is 2.32. The summed E-state index contributed by atoms with van der Waals surface area (Å²) in [4.78, 5) is 25.0. The molecule has 3 N–H and O–H groups in total. The van der Waals surface area contributed by atoms with Gasteiger partial charge in [0.05, 0.1) is 0 Å². The first-order valence-electron chi connectivity index (χ1n) is 10.9. The van der Waals surface area contributed by atoms with Crippen LogP contribution in [-0.2, 0) is 23.8 Å². The van der Waals surface area contributed by atoms with Crippen LogP contribution in [0.15, 0.2) is 24.3 Å². The van der Waals surface area contributed by atoms with Crippen molar-refractivity contribution in [1.29, 1.82) is 0 Å². The van der Waals surface area contributed by atoms with Crippen LogP contribution in [0.2, 0.25) is 0 Å². The van der Waals surface area contributed by atoms with E-state index in [9.17, 15) is 14.7 Å². The molecule has 2 aliphatic rings. The van der Waals surface area contributed by atoms with E-state index in [1.165, 1.54) is 7.11 Å². The summed E-state index contributed by atoms with van der Waals surface area (Å²) >= 11 is 0. The van der Waals surface area contributed by atoms with Gasteiger partial charge in [-0.05, 0) is 38.5 Å². The number of hydrogen-bond acceptors (Lipinski definition) is 6. The molecule has 2 heterocycles. The predicted octanol–water partition coefficient (Wildman–Crippen LogP) is 1.83. The molecule has 8 nitrogen and oxygen atoms in total. The molecule has 2 fully saturated rings. The van der Waals surface area contributed by atoms with Crippen molar-refractivity contribution in [2.24, 2.45) is 5.41 Å². The molecule has 5 atom stereocenters. The molecular weight excluding hydrogens is 400 g/mol. The molecule has 31 heavy (non-hydrogen) atoms. The van der Waals surface area contributed by atoms with E-state index in [0.29, 0.717) is 13.0 Å². The van der Waals surface area contributed by atoms with Gasteiger partial charge in [-0.25, -0.2) is 0 Å². The molecule has 0 unspecified atom stereocenters. The Bertz CT molecular complexity index is 682. The Morgan fingerprint density at radius 2 is 2.00 bits per heavy atom. The van der Waals surface area contributed by atoms with Crippen LogP contribution in [-0.4, -0.2) is 66.8 Å². The summed E-state index contributed by atoms with van der Waals surface area (Å²) in [6.45, 7) is 10.4. The van der Waals surface area contributed by atoms with Gasteiger partial charge in [-0.1, -0.05) is 45.1 Å². The fourth-order valence-electron chi connectivity index (χ4n) is 3.65. The predicted molar refractivity (Wildman–Crippen MR) is 117 cm³/mol. The number of hydrogen-bond donors (Lipinski definition) is 3. The second kappa shape index (κ2) is 10.7. The highest BCUT2D eigenvalue weighted by molar-refractivity contribution is 5.89. The SMILES string of the molecule is CO[C@@H](C(=O)N[C@H]1CCCCNC1=O)[C@H](O)[C@H]1OC(C)(C)O[C@@H]1/C=C/C=C/C(C)(C)C. The lowest BCUT2D eigenvalue weighted by molar-refractivity contribution is -0.169. The van der Waals surface area contributed by atoms with Crippen LogP contribution in [0, 0.1) is 5.41 Å². The van der Waals surface area contributed by atoms with Crippen molar-refractivity contribution >= 4 is 11.8 Å². The van der Waals surface area contributed by atoms with Gasteiger partial charge in [0.1, 0.15) is 24.4 Å². The van der Waals surface area contributed by atoms with Gasteiger partial charge in [0.15, 0.2) is 11.9 Å². The van der Waals surface area contributed by atoms with Crippen LogP contribution in [0.3, 0.4) is 0 Å². The zero-order valence-corrected chi connectivity index (χ0v) is 19.5. The lowest BCUT2D eigenvalue weighted by atomic mass is 9.96. The second-order valence-corrected chi connectivity index (χ2v) is 9.67. The number of allylic oxidation sites excluding steroid dienone is 3. The van der Waals surface area contributed by atoms with Crippen molar-refractivity contribution in [3.05, 3.63) is 24.3 Å². The van der Waals surface area contributed by atoms with E-state index >= 15 is 0 Å². The number of amides is 2. The minimum absolute atomic E-state index is 0.0408. The zero-order chi connectivity index (χ0) is 23.2. The Morgan fingerprint density at radius 3 is 2.65 bits per heavy atom. The van der Waals surface area contributed by atoms with Crippen molar-refractivity contribution in [2.75, 3.05) is 13.7 Å². The Labute approximate surface area is 185 Å². The number of carbonyl (C=O) groups excluding carboxylic acids is 2. The Hall–Kier alpha value is -1.74. The van der Waals surface area contributed by atoms with Crippen molar-refractivity contribution in [3.8, 4) is 0 Å². The van der Waals surface area contributed by atoms with E-state index in [1.54, 1.807) is 19.9 Å².